The fraction of sp³-hybridized carbons (Fsp3) is 0.588. The van der Waals surface area contributed by atoms with Crippen LogP contribution in [0.5, 0.6) is 5.75 Å². The van der Waals surface area contributed by atoms with Crippen LogP contribution in [0.4, 0.5) is 0 Å². The molecule has 0 spiro atoms. The number of carbonyl (C=O) groups is 1. The molecule has 0 bridgehead atoms. The van der Waals surface area contributed by atoms with Gasteiger partial charge in [0.1, 0.15) is 25.0 Å². The molecule has 4 nitrogen and oxygen atoms in total. The molecule has 1 aromatic rings. The van der Waals surface area contributed by atoms with Crippen LogP contribution in [0.2, 0.25) is 0 Å². The van der Waals surface area contributed by atoms with Gasteiger partial charge in [-0.25, -0.2) is 0 Å². The summed E-state index contributed by atoms with van der Waals surface area (Å²) >= 11 is 0. The first-order valence-electron chi connectivity index (χ1n) is 7.82. The van der Waals surface area contributed by atoms with Crippen LogP contribution in [0.15, 0.2) is 24.3 Å². The van der Waals surface area contributed by atoms with E-state index in [1.54, 1.807) is 12.1 Å². The van der Waals surface area contributed by atoms with Crippen LogP contribution < -0.4 is 9.64 Å². The van der Waals surface area contributed by atoms with Gasteiger partial charge in [-0.3, -0.25) is 4.79 Å². The smallest absolute Gasteiger partial charge is 0.163 e. The van der Waals surface area contributed by atoms with Crippen LogP contribution in [0.3, 0.4) is 0 Å². The van der Waals surface area contributed by atoms with E-state index < -0.39 is 6.10 Å². The highest BCUT2D eigenvalue weighted by molar-refractivity contribution is 5.96. The van der Waals surface area contributed by atoms with Gasteiger partial charge in [-0.05, 0) is 31.9 Å². The Labute approximate surface area is 127 Å². The second-order valence-corrected chi connectivity index (χ2v) is 5.47. The van der Waals surface area contributed by atoms with Gasteiger partial charge in [-0.1, -0.05) is 26.0 Å². The van der Waals surface area contributed by atoms with E-state index in [1.807, 2.05) is 12.1 Å². The normalized spacial score (nSPS) is 12.4. The molecule has 1 atom stereocenters. The van der Waals surface area contributed by atoms with Crippen molar-refractivity contribution in [3.8, 4) is 5.75 Å². The highest BCUT2D eigenvalue weighted by atomic mass is 16.5. The summed E-state index contributed by atoms with van der Waals surface area (Å²) in [5.41, 5.74) is 0.566. The number of Topliss-reactive ketones (excluding diaryl/α,β-unsaturated/α-hetero) is 1. The monoisotopic (exact) mass is 294 g/mol. The van der Waals surface area contributed by atoms with E-state index in [0.717, 1.165) is 25.9 Å². The largest absolute Gasteiger partial charge is 0.490 e. The lowest BCUT2D eigenvalue weighted by atomic mass is 10.1. The lowest BCUT2D eigenvalue weighted by Crippen LogP contribution is -3.13. The standard InChI is InChI=1S/C17H27NO3/c1-4-10-18(11-5-2)12-15(20)13-21-17-9-7-6-8-16(17)14(3)19/h6-9,15,20H,4-5,10-13H2,1-3H3/p+1/t15-/m0/s1. The molecule has 21 heavy (non-hydrogen) atoms. The van der Waals surface area contributed by atoms with Crippen molar-refractivity contribution < 1.29 is 19.5 Å². The van der Waals surface area contributed by atoms with Crippen LogP contribution >= 0.6 is 0 Å². The molecule has 0 aromatic heterocycles. The lowest BCUT2D eigenvalue weighted by molar-refractivity contribution is -0.903. The number of ether oxygens (including phenoxy) is 1. The number of carbonyl (C=O) groups excluding carboxylic acids is 1. The summed E-state index contributed by atoms with van der Waals surface area (Å²) in [5, 5.41) is 10.1. The van der Waals surface area contributed by atoms with Gasteiger partial charge in [0.15, 0.2) is 5.78 Å². The van der Waals surface area contributed by atoms with Gasteiger partial charge in [-0.2, -0.15) is 0 Å². The zero-order chi connectivity index (χ0) is 15.7. The molecule has 0 heterocycles. The van der Waals surface area contributed by atoms with Crippen LogP contribution in [-0.2, 0) is 0 Å². The van der Waals surface area contributed by atoms with E-state index in [0.29, 0.717) is 17.9 Å². The molecule has 0 aliphatic carbocycles. The predicted molar refractivity (Wildman–Crippen MR) is 84.1 cm³/mol. The topological polar surface area (TPSA) is 51.0 Å². The molecule has 0 saturated heterocycles. The van der Waals surface area contributed by atoms with Crippen LogP contribution in [0.1, 0.15) is 44.0 Å². The zero-order valence-electron chi connectivity index (χ0n) is 13.4. The number of rotatable bonds is 10. The first-order valence-corrected chi connectivity index (χ1v) is 7.82. The van der Waals surface area contributed by atoms with Crippen LogP contribution in [0.25, 0.3) is 0 Å². The van der Waals surface area contributed by atoms with Gasteiger partial charge in [0.05, 0.1) is 18.7 Å². The molecule has 1 rings (SSSR count). The van der Waals surface area contributed by atoms with Crippen LogP contribution in [-0.4, -0.2) is 43.2 Å². The quantitative estimate of drug-likeness (QED) is 0.640. The molecule has 4 heteroatoms. The van der Waals surface area contributed by atoms with Crippen molar-refractivity contribution in [2.24, 2.45) is 0 Å². The van der Waals surface area contributed by atoms with E-state index in [4.69, 9.17) is 4.74 Å². The average molecular weight is 294 g/mol. The molecule has 0 aliphatic rings. The third kappa shape index (κ3) is 6.27. The Morgan fingerprint density at radius 3 is 2.43 bits per heavy atom. The number of aliphatic hydroxyl groups excluding tert-OH is 1. The molecule has 0 unspecified atom stereocenters. The lowest BCUT2D eigenvalue weighted by Gasteiger charge is -2.21. The van der Waals surface area contributed by atoms with E-state index in [-0.39, 0.29) is 12.4 Å². The third-order valence-electron chi connectivity index (χ3n) is 3.43. The number of ketones is 1. The number of para-hydroxylation sites is 1. The number of aliphatic hydroxyl groups is 1. The molecule has 2 N–H and O–H groups in total. The summed E-state index contributed by atoms with van der Waals surface area (Å²) in [7, 11) is 0. The Kier molecular flexibility index (Phi) is 8.01. The zero-order valence-corrected chi connectivity index (χ0v) is 13.4. The molecule has 0 saturated carbocycles. The first kappa shape index (κ1) is 17.7. The van der Waals surface area contributed by atoms with E-state index in [1.165, 1.54) is 11.8 Å². The van der Waals surface area contributed by atoms with Crippen molar-refractivity contribution in [2.75, 3.05) is 26.2 Å². The molecule has 0 radical (unpaired) electrons. The van der Waals surface area contributed by atoms with Crippen molar-refractivity contribution in [2.45, 2.75) is 39.7 Å². The minimum atomic E-state index is -0.516. The molecular formula is C17H28NO3+. The second kappa shape index (κ2) is 9.53. The Morgan fingerprint density at radius 2 is 1.86 bits per heavy atom. The summed E-state index contributed by atoms with van der Waals surface area (Å²) in [6.07, 6.45) is 1.70. The fourth-order valence-electron chi connectivity index (χ4n) is 2.50. The number of hydrogen-bond donors (Lipinski definition) is 2. The van der Waals surface area contributed by atoms with Gasteiger partial charge >= 0.3 is 0 Å². The summed E-state index contributed by atoms with van der Waals surface area (Å²) in [5.74, 6) is 0.529. The van der Waals surface area contributed by atoms with Gasteiger partial charge in [0.25, 0.3) is 0 Å². The minimum absolute atomic E-state index is 0.0238. The fourth-order valence-corrected chi connectivity index (χ4v) is 2.50. The Balaban J connectivity index is 2.52. The number of quaternary nitrogens is 1. The van der Waals surface area contributed by atoms with E-state index in [9.17, 15) is 9.90 Å². The minimum Gasteiger partial charge on any atom is -0.490 e. The Bertz CT molecular complexity index is 428. The maximum absolute atomic E-state index is 11.5. The van der Waals surface area contributed by atoms with Crippen molar-refractivity contribution in [1.82, 2.24) is 0 Å². The van der Waals surface area contributed by atoms with Crippen molar-refractivity contribution in [3.63, 3.8) is 0 Å². The molecule has 0 aliphatic heterocycles. The Hall–Kier alpha value is -1.39. The highest BCUT2D eigenvalue weighted by Crippen LogP contribution is 2.18. The van der Waals surface area contributed by atoms with Gasteiger partial charge in [0, 0.05) is 0 Å². The average Bonchev–Trinajstić information content (AvgIpc) is 2.46. The number of benzene rings is 1. The summed E-state index contributed by atoms with van der Waals surface area (Å²) in [6, 6.07) is 7.16. The van der Waals surface area contributed by atoms with Gasteiger partial charge in [0.2, 0.25) is 0 Å². The number of nitrogens with one attached hydrogen (secondary N) is 1. The van der Waals surface area contributed by atoms with Crippen molar-refractivity contribution in [1.29, 1.82) is 0 Å². The number of hydrogen-bond acceptors (Lipinski definition) is 3. The van der Waals surface area contributed by atoms with E-state index in [2.05, 4.69) is 13.8 Å². The van der Waals surface area contributed by atoms with Crippen LogP contribution in [0, 0.1) is 0 Å². The summed E-state index contributed by atoms with van der Waals surface area (Å²) in [4.78, 5) is 12.9. The summed E-state index contributed by atoms with van der Waals surface area (Å²) in [6.45, 7) is 8.87. The van der Waals surface area contributed by atoms with Crippen molar-refractivity contribution in [3.05, 3.63) is 29.8 Å². The first-order chi connectivity index (χ1) is 10.1. The van der Waals surface area contributed by atoms with Crippen molar-refractivity contribution >= 4 is 5.78 Å². The maximum Gasteiger partial charge on any atom is 0.163 e. The second-order valence-electron chi connectivity index (χ2n) is 5.47. The highest BCUT2D eigenvalue weighted by Gasteiger charge is 2.15. The van der Waals surface area contributed by atoms with Gasteiger partial charge < -0.3 is 14.7 Å². The Morgan fingerprint density at radius 1 is 1.24 bits per heavy atom. The molecular weight excluding hydrogens is 266 g/mol. The molecule has 118 valence electrons. The van der Waals surface area contributed by atoms with Gasteiger partial charge in [-0.15, -0.1) is 0 Å². The maximum atomic E-state index is 11.5. The molecule has 0 fully saturated rings. The van der Waals surface area contributed by atoms with E-state index >= 15 is 0 Å². The third-order valence-corrected chi connectivity index (χ3v) is 3.43. The molecule has 0 amide bonds. The summed E-state index contributed by atoms with van der Waals surface area (Å²) < 4.78 is 5.63. The predicted octanol–water partition coefficient (Wildman–Crippen LogP) is 1.33. The SMILES string of the molecule is CCC[NH+](CCC)C[C@H](O)COc1ccccc1C(C)=O. The molecule has 1 aromatic carbocycles.